The van der Waals surface area contributed by atoms with E-state index in [2.05, 4.69) is 14.7 Å². The Morgan fingerprint density at radius 3 is 2.70 bits per heavy atom. The maximum absolute atomic E-state index is 12.7. The standard InChI is InChI=1S/C21H23N5O4/c1-4-17(27)26-16(13-11-25(5-2)15-9-7-6-8-12(13)15)10-14(23-26)18-19(28)22-21(30)24(3)20(18)29/h6-9,11,16,29H,4-5,10H2,1-3H3,(H,22,28,30)/t16-/m1/s1. The Balaban J connectivity index is 1.87. The number of aromatic nitrogens is 3. The highest BCUT2D eigenvalue weighted by Gasteiger charge is 2.36. The number of aromatic hydroxyl groups is 1. The van der Waals surface area contributed by atoms with Gasteiger partial charge in [-0.3, -0.25) is 19.1 Å². The minimum Gasteiger partial charge on any atom is -0.494 e. The van der Waals surface area contributed by atoms with E-state index in [1.165, 1.54) is 12.1 Å². The fraction of sp³-hybridized carbons (Fsp3) is 0.333. The van der Waals surface area contributed by atoms with Gasteiger partial charge in [0.15, 0.2) is 0 Å². The topological polar surface area (TPSA) is 113 Å². The molecule has 2 aromatic heterocycles. The zero-order valence-electron chi connectivity index (χ0n) is 17.0. The molecule has 0 saturated carbocycles. The van der Waals surface area contributed by atoms with E-state index in [4.69, 9.17) is 0 Å². The minimum atomic E-state index is -0.727. The molecular formula is C21H23N5O4. The molecular weight excluding hydrogens is 386 g/mol. The highest BCUT2D eigenvalue weighted by atomic mass is 16.3. The van der Waals surface area contributed by atoms with Gasteiger partial charge in [-0.05, 0) is 13.0 Å². The van der Waals surface area contributed by atoms with Crippen LogP contribution < -0.4 is 11.2 Å². The van der Waals surface area contributed by atoms with Crippen LogP contribution in [-0.4, -0.2) is 35.9 Å². The monoisotopic (exact) mass is 409 g/mol. The molecule has 156 valence electrons. The minimum absolute atomic E-state index is 0.0901. The van der Waals surface area contributed by atoms with E-state index in [-0.39, 0.29) is 30.0 Å². The average Bonchev–Trinajstić information content (AvgIpc) is 3.33. The molecule has 1 atom stereocenters. The van der Waals surface area contributed by atoms with Crippen LogP contribution in [0.1, 0.15) is 43.9 Å². The van der Waals surface area contributed by atoms with Gasteiger partial charge in [-0.1, -0.05) is 25.1 Å². The normalized spacial score (nSPS) is 16.3. The Morgan fingerprint density at radius 1 is 1.27 bits per heavy atom. The lowest BCUT2D eigenvalue weighted by molar-refractivity contribution is -0.132. The van der Waals surface area contributed by atoms with Gasteiger partial charge < -0.3 is 9.67 Å². The van der Waals surface area contributed by atoms with Crippen molar-refractivity contribution in [2.75, 3.05) is 0 Å². The van der Waals surface area contributed by atoms with Crippen molar-refractivity contribution in [2.45, 2.75) is 39.3 Å². The van der Waals surface area contributed by atoms with Gasteiger partial charge in [0.05, 0.1) is 11.8 Å². The third kappa shape index (κ3) is 2.94. The molecule has 9 nitrogen and oxygen atoms in total. The maximum atomic E-state index is 12.7. The quantitative estimate of drug-likeness (QED) is 0.685. The van der Waals surface area contributed by atoms with E-state index in [0.717, 1.165) is 27.6 Å². The van der Waals surface area contributed by atoms with Crippen molar-refractivity contribution in [2.24, 2.45) is 12.1 Å². The summed E-state index contributed by atoms with van der Waals surface area (Å²) in [7, 11) is 1.36. The maximum Gasteiger partial charge on any atom is 0.330 e. The predicted octanol–water partition coefficient (Wildman–Crippen LogP) is 1.84. The number of amides is 1. The molecule has 0 radical (unpaired) electrons. The second-order valence-electron chi connectivity index (χ2n) is 7.26. The zero-order valence-corrected chi connectivity index (χ0v) is 17.0. The van der Waals surface area contributed by atoms with Crippen LogP contribution in [0.25, 0.3) is 10.9 Å². The van der Waals surface area contributed by atoms with Crippen LogP contribution >= 0.6 is 0 Å². The van der Waals surface area contributed by atoms with Crippen LogP contribution in [0.2, 0.25) is 0 Å². The number of carbonyl (C=O) groups excluding carboxylic acids is 1. The number of aryl methyl sites for hydroxylation is 1. The number of hydrogen-bond acceptors (Lipinski definition) is 5. The second-order valence-corrected chi connectivity index (χ2v) is 7.26. The Labute approximate surface area is 171 Å². The van der Waals surface area contributed by atoms with Gasteiger partial charge in [-0.2, -0.15) is 5.10 Å². The summed E-state index contributed by atoms with van der Waals surface area (Å²) < 4.78 is 3.05. The van der Waals surface area contributed by atoms with Gasteiger partial charge in [-0.25, -0.2) is 9.80 Å². The Hall–Kier alpha value is -3.62. The lowest BCUT2D eigenvalue weighted by Gasteiger charge is -2.21. The molecule has 0 unspecified atom stereocenters. The van der Waals surface area contributed by atoms with Crippen LogP contribution in [0, 0.1) is 0 Å². The summed E-state index contributed by atoms with van der Waals surface area (Å²) in [6, 6.07) is 7.51. The Morgan fingerprint density at radius 2 is 2.00 bits per heavy atom. The zero-order chi connectivity index (χ0) is 21.6. The first kappa shape index (κ1) is 19.7. The molecule has 0 saturated heterocycles. The van der Waals surface area contributed by atoms with Crippen LogP contribution in [0.15, 0.2) is 45.2 Å². The number of nitrogens with zero attached hydrogens (tertiary/aromatic N) is 4. The molecule has 3 heterocycles. The van der Waals surface area contributed by atoms with E-state index in [1.54, 1.807) is 6.92 Å². The number of rotatable bonds is 4. The first-order chi connectivity index (χ1) is 14.4. The molecule has 1 aliphatic heterocycles. The summed E-state index contributed by atoms with van der Waals surface area (Å²) >= 11 is 0. The van der Waals surface area contributed by atoms with Gasteiger partial charge >= 0.3 is 5.69 Å². The van der Waals surface area contributed by atoms with Crippen molar-refractivity contribution in [1.82, 2.24) is 19.1 Å². The molecule has 0 spiro atoms. The van der Waals surface area contributed by atoms with Crippen molar-refractivity contribution in [3.63, 3.8) is 0 Å². The number of aromatic amines is 1. The summed E-state index contributed by atoms with van der Waals surface area (Å²) in [5.74, 6) is -0.660. The van der Waals surface area contributed by atoms with Crippen molar-refractivity contribution in [1.29, 1.82) is 0 Å². The lowest BCUT2D eigenvalue weighted by Crippen LogP contribution is -2.32. The third-order valence-corrected chi connectivity index (χ3v) is 5.57. The van der Waals surface area contributed by atoms with Crippen LogP contribution in [0.5, 0.6) is 5.88 Å². The van der Waals surface area contributed by atoms with Crippen LogP contribution in [-0.2, 0) is 18.4 Å². The first-order valence-corrected chi connectivity index (χ1v) is 9.87. The van der Waals surface area contributed by atoms with Gasteiger partial charge in [0.25, 0.3) is 5.56 Å². The summed E-state index contributed by atoms with van der Waals surface area (Å²) in [5, 5.41) is 17.2. The summed E-state index contributed by atoms with van der Waals surface area (Å²) in [6.07, 6.45) is 2.50. The van der Waals surface area contributed by atoms with Crippen LogP contribution in [0.4, 0.5) is 0 Å². The van der Waals surface area contributed by atoms with Gasteiger partial charge in [0.2, 0.25) is 11.8 Å². The molecule has 9 heteroatoms. The summed E-state index contributed by atoms with van der Waals surface area (Å²) in [4.78, 5) is 39.1. The van der Waals surface area contributed by atoms with Crippen molar-refractivity contribution in [3.8, 4) is 5.88 Å². The van der Waals surface area contributed by atoms with E-state index in [9.17, 15) is 19.5 Å². The molecule has 2 N–H and O–H groups in total. The molecule has 0 aliphatic carbocycles. The molecule has 0 fully saturated rings. The van der Waals surface area contributed by atoms with Crippen LogP contribution in [0.3, 0.4) is 0 Å². The van der Waals surface area contributed by atoms with E-state index in [0.29, 0.717) is 0 Å². The van der Waals surface area contributed by atoms with E-state index < -0.39 is 23.2 Å². The summed E-state index contributed by atoms with van der Waals surface area (Å²) in [5.41, 5.74) is 0.708. The third-order valence-electron chi connectivity index (χ3n) is 5.57. The SMILES string of the molecule is CCC(=O)N1N=C(c2c(O)n(C)c(=O)[nH]c2=O)C[C@@H]1c1cn(CC)c2ccccc12. The number of hydrogen-bond donors (Lipinski definition) is 2. The highest BCUT2D eigenvalue weighted by molar-refractivity contribution is 6.05. The molecule has 1 aromatic carbocycles. The van der Waals surface area contributed by atoms with Crippen molar-refractivity contribution >= 4 is 22.5 Å². The number of nitrogens with one attached hydrogen (secondary N) is 1. The molecule has 3 aromatic rings. The fourth-order valence-electron chi connectivity index (χ4n) is 3.97. The second kappa shape index (κ2) is 7.33. The van der Waals surface area contributed by atoms with Gasteiger partial charge in [0.1, 0.15) is 5.56 Å². The Bertz CT molecular complexity index is 1300. The number of para-hydroxylation sites is 1. The molecule has 4 rings (SSSR count). The smallest absolute Gasteiger partial charge is 0.330 e. The highest BCUT2D eigenvalue weighted by Crippen LogP contribution is 2.38. The number of carbonyl (C=O) groups is 1. The average molecular weight is 409 g/mol. The number of benzene rings is 1. The molecule has 1 aliphatic rings. The Kier molecular flexibility index (Phi) is 4.81. The molecule has 30 heavy (non-hydrogen) atoms. The van der Waals surface area contributed by atoms with Crippen molar-refractivity contribution < 1.29 is 9.90 Å². The number of fused-ring (bicyclic) bond motifs is 1. The van der Waals surface area contributed by atoms with Gasteiger partial charge in [0, 0.05) is 49.1 Å². The molecule has 1 amide bonds. The van der Waals surface area contributed by atoms with E-state index in [1.807, 2.05) is 37.4 Å². The number of hydrazone groups is 1. The lowest BCUT2D eigenvalue weighted by atomic mass is 9.98. The van der Waals surface area contributed by atoms with Crippen molar-refractivity contribution in [3.05, 3.63) is 62.4 Å². The fourth-order valence-corrected chi connectivity index (χ4v) is 3.97. The summed E-state index contributed by atoms with van der Waals surface area (Å²) in [6.45, 7) is 4.56. The largest absolute Gasteiger partial charge is 0.494 e. The molecule has 0 bridgehead atoms. The van der Waals surface area contributed by atoms with E-state index >= 15 is 0 Å². The number of H-pyrrole nitrogens is 1. The first-order valence-electron chi connectivity index (χ1n) is 9.87. The van der Waals surface area contributed by atoms with Gasteiger partial charge in [-0.15, -0.1) is 0 Å². The predicted molar refractivity (Wildman–Crippen MR) is 113 cm³/mol.